The molecule has 2 rings (SSSR count). The van der Waals surface area contributed by atoms with Gasteiger partial charge in [0.2, 0.25) is 11.8 Å². The lowest BCUT2D eigenvalue weighted by Crippen LogP contribution is -2.60. The molecule has 0 spiro atoms. The van der Waals surface area contributed by atoms with Gasteiger partial charge in [0, 0.05) is 13.0 Å². The molecule has 2 amide bonds. The highest BCUT2D eigenvalue weighted by Gasteiger charge is 2.35. The summed E-state index contributed by atoms with van der Waals surface area (Å²) >= 11 is 0. The Hall–Kier alpha value is -1.78. The second kappa shape index (κ2) is 5.91. The smallest absolute Gasteiger partial charge is 0.245 e. The van der Waals surface area contributed by atoms with Crippen molar-refractivity contribution >= 4 is 11.8 Å². The Balaban J connectivity index is 1.99. The average Bonchev–Trinajstić information content (AvgIpc) is 2.91. The molecule has 1 N–H and O–H groups in total. The summed E-state index contributed by atoms with van der Waals surface area (Å²) in [6, 6.07) is 3.31. The van der Waals surface area contributed by atoms with Gasteiger partial charge in [0.1, 0.15) is 11.8 Å². The van der Waals surface area contributed by atoms with E-state index < -0.39 is 0 Å². The van der Waals surface area contributed by atoms with Gasteiger partial charge in [-0.05, 0) is 18.1 Å². The van der Waals surface area contributed by atoms with E-state index in [1.54, 1.807) is 11.2 Å². The molecule has 104 valence electrons. The molecular formula is C14H20N2O3. The maximum Gasteiger partial charge on any atom is 0.245 e. The highest BCUT2D eigenvalue weighted by Crippen LogP contribution is 2.15. The van der Waals surface area contributed by atoms with Crippen LogP contribution in [0.1, 0.15) is 26.0 Å². The molecule has 1 fully saturated rings. The summed E-state index contributed by atoms with van der Waals surface area (Å²) in [5.74, 6) is 0.923. The molecular weight excluding hydrogens is 244 g/mol. The maximum atomic E-state index is 12.3. The Bertz CT molecular complexity index is 442. The molecule has 2 unspecified atom stereocenters. The van der Waals surface area contributed by atoms with Crippen LogP contribution < -0.4 is 5.32 Å². The van der Waals surface area contributed by atoms with Gasteiger partial charge in [0.15, 0.2) is 0 Å². The third-order valence-electron chi connectivity index (χ3n) is 3.65. The Morgan fingerprint density at radius 1 is 1.53 bits per heavy atom. The number of nitrogens with one attached hydrogen (secondary N) is 1. The summed E-state index contributed by atoms with van der Waals surface area (Å²) in [4.78, 5) is 25.6. The van der Waals surface area contributed by atoms with Crippen molar-refractivity contribution < 1.29 is 14.0 Å². The van der Waals surface area contributed by atoms with Gasteiger partial charge in [-0.3, -0.25) is 9.59 Å². The van der Waals surface area contributed by atoms with Gasteiger partial charge < -0.3 is 14.6 Å². The minimum Gasteiger partial charge on any atom is -0.469 e. The lowest BCUT2D eigenvalue weighted by molar-refractivity contribution is -0.145. The molecule has 19 heavy (non-hydrogen) atoms. The zero-order valence-corrected chi connectivity index (χ0v) is 11.4. The fourth-order valence-electron chi connectivity index (χ4n) is 2.24. The third-order valence-corrected chi connectivity index (χ3v) is 3.65. The fourth-order valence-corrected chi connectivity index (χ4v) is 2.24. The van der Waals surface area contributed by atoms with Gasteiger partial charge in [-0.25, -0.2) is 0 Å². The molecule has 0 radical (unpaired) electrons. The van der Waals surface area contributed by atoms with Gasteiger partial charge >= 0.3 is 0 Å². The zero-order chi connectivity index (χ0) is 13.8. The van der Waals surface area contributed by atoms with Crippen LogP contribution in [-0.4, -0.2) is 35.8 Å². The van der Waals surface area contributed by atoms with Gasteiger partial charge in [-0.15, -0.1) is 0 Å². The number of hydrogen-bond donors (Lipinski definition) is 1. The average molecular weight is 264 g/mol. The molecule has 0 aromatic carbocycles. The minimum atomic E-state index is -0.386. The maximum absolute atomic E-state index is 12.3. The van der Waals surface area contributed by atoms with E-state index in [2.05, 4.69) is 5.32 Å². The largest absolute Gasteiger partial charge is 0.469 e. The Morgan fingerprint density at radius 2 is 2.32 bits per heavy atom. The molecule has 0 bridgehead atoms. The molecule has 0 saturated carbocycles. The molecule has 5 nitrogen and oxygen atoms in total. The van der Waals surface area contributed by atoms with Crippen LogP contribution in [-0.2, 0) is 16.0 Å². The van der Waals surface area contributed by atoms with E-state index in [1.807, 2.05) is 26.0 Å². The number of nitrogens with zero attached hydrogens (tertiary/aromatic N) is 1. The number of furan rings is 1. The van der Waals surface area contributed by atoms with Crippen LogP contribution >= 0.6 is 0 Å². The van der Waals surface area contributed by atoms with Crippen LogP contribution in [0.4, 0.5) is 0 Å². The van der Waals surface area contributed by atoms with Crippen LogP contribution in [0.15, 0.2) is 22.8 Å². The van der Waals surface area contributed by atoms with E-state index in [0.29, 0.717) is 13.0 Å². The van der Waals surface area contributed by atoms with Crippen LogP contribution in [0.2, 0.25) is 0 Å². The number of rotatable bonds is 5. The molecule has 1 aromatic rings. The highest BCUT2D eigenvalue weighted by atomic mass is 16.3. The lowest BCUT2D eigenvalue weighted by Gasteiger charge is -2.35. The number of amides is 2. The standard InChI is InChI=1S/C14H20N2O3/c1-3-10(2)13-14(18)16(9-12(17)15-13)7-6-11-5-4-8-19-11/h4-5,8,10,13H,3,6-7,9H2,1-2H3,(H,15,17). The SMILES string of the molecule is CCC(C)C1NC(=O)CN(CCc2ccco2)C1=O. The number of piperazine rings is 1. The minimum absolute atomic E-state index is 0.0144. The predicted molar refractivity (Wildman–Crippen MR) is 70.4 cm³/mol. The summed E-state index contributed by atoms with van der Waals surface area (Å²) in [5, 5.41) is 2.79. The van der Waals surface area contributed by atoms with E-state index in [9.17, 15) is 9.59 Å². The number of carbonyl (C=O) groups excluding carboxylic acids is 2. The summed E-state index contributed by atoms with van der Waals surface area (Å²) in [6.45, 7) is 4.67. The van der Waals surface area contributed by atoms with Crippen LogP contribution in [0.3, 0.4) is 0 Å². The third kappa shape index (κ3) is 3.16. The fraction of sp³-hybridized carbons (Fsp3) is 0.571. The normalized spacial score (nSPS) is 21.4. The first kappa shape index (κ1) is 13.6. The molecule has 2 heterocycles. The second-order valence-electron chi connectivity index (χ2n) is 5.02. The second-order valence-corrected chi connectivity index (χ2v) is 5.02. The van der Waals surface area contributed by atoms with E-state index in [0.717, 1.165) is 12.2 Å². The zero-order valence-electron chi connectivity index (χ0n) is 11.4. The van der Waals surface area contributed by atoms with Crippen LogP contribution in [0.25, 0.3) is 0 Å². The Labute approximate surface area is 113 Å². The Morgan fingerprint density at radius 3 is 2.95 bits per heavy atom. The first-order valence-electron chi connectivity index (χ1n) is 6.72. The number of hydrogen-bond acceptors (Lipinski definition) is 3. The van der Waals surface area contributed by atoms with Gasteiger partial charge in [0.05, 0.1) is 12.8 Å². The van der Waals surface area contributed by atoms with E-state index in [4.69, 9.17) is 4.42 Å². The van der Waals surface area contributed by atoms with E-state index >= 15 is 0 Å². The van der Waals surface area contributed by atoms with Crippen molar-refractivity contribution in [2.75, 3.05) is 13.1 Å². The monoisotopic (exact) mass is 264 g/mol. The summed E-state index contributed by atoms with van der Waals surface area (Å²) in [6.07, 6.45) is 3.12. The quantitative estimate of drug-likeness (QED) is 0.869. The van der Waals surface area contributed by atoms with Gasteiger partial charge in [-0.2, -0.15) is 0 Å². The van der Waals surface area contributed by atoms with E-state index in [1.165, 1.54) is 0 Å². The molecule has 1 saturated heterocycles. The van der Waals surface area contributed by atoms with Crippen LogP contribution in [0.5, 0.6) is 0 Å². The lowest BCUT2D eigenvalue weighted by atomic mass is 9.96. The highest BCUT2D eigenvalue weighted by molar-refractivity contribution is 5.95. The van der Waals surface area contributed by atoms with Crippen LogP contribution in [0, 0.1) is 5.92 Å². The van der Waals surface area contributed by atoms with Gasteiger partial charge in [0.25, 0.3) is 0 Å². The summed E-state index contributed by atoms with van der Waals surface area (Å²) < 4.78 is 5.24. The van der Waals surface area contributed by atoms with E-state index in [-0.39, 0.29) is 30.3 Å². The molecule has 1 aliphatic heterocycles. The molecule has 0 aliphatic carbocycles. The molecule has 2 atom stereocenters. The molecule has 1 aromatic heterocycles. The summed E-state index contributed by atoms with van der Waals surface area (Å²) in [5.41, 5.74) is 0. The van der Waals surface area contributed by atoms with Crippen molar-refractivity contribution in [1.82, 2.24) is 10.2 Å². The Kier molecular flexibility index (Phi) is 4.24. The van der Waals surface area contributed by atoms with Crippen molar-refractivity contribution in [2.24, 2.45) is 5.92 Å². The van der Waals surface area contributed by atoms with Crippen molar-refractivity contribution in [2.45, 2.75) is 32.7 Å². The molecule has 5 heteroatoms. The van der Waals surface area contributed by atoms with Crippen molar-refractivity contribution in [3.05, 3.63) is 24.2 Å². The number of carbonyl (C=O) groups is 2. The first-order valence-corrected chi connectivity index (χ1v) is 6.72. The van der Waals surface area contributed by atoms with Crippen molar-refractivity contribution in [3.8, 4) is 0 Å². The first-order chi connectivity index (χ1) is 9.11. The topological polar surface area (TPSA) is 62.6 Å². The van der Waals surface area contributed by atoms with Crippen molar-refractivity contribution in [1.29, 1.82) is 0 Å². The predicted octanol–water partition coefficient (Wildman–Crippen LogP) is 1.20. The van der Waals surface area contributed by atoms with Crippen molar-refractivity contribution in [3.63, 3.8) is 0 Å². The van der Waals surface area contributed by atoms with Gasteiger partial charge in [-0.1, -0.05) is 20.3 Å². The summed E-state index contributed by atoms with van der Waals surface area (Å²) in [7, 11) is 0. The molecule has 1 aliphatic rings.